The molecule has 45 heavy (non-hydrogen) atoms. The average Bonchev–Trinajstić information content (AvgIpc) is 3.27. The standard InChI is InChI=1S/C32H33N5O7S/c1-5-35(6-2)24-14-13-22(27(17-24)44-19-30(39)33-23-10-8-11-25(16-23)37(42)43)15-28-31(40)36(32(41)45-28)18-29(38)34-26-12-7-9-20(3)21(26)4/h7-17H,5-6,18-19H2,1-4H3,(H,33,39)(H,34,38)/b28-15+. The van der Waals surface area contributed by atoms with E-state index in [0.29, 0.717) is 36.1 Å². The van der Waals surface area contributed by atoms with Crippen molar-refractivity contribution in [2.24, 2.45) is 0 Å². The van der Waals surface area contributed by atoms with Gasteiger partial charge in [-0.3, -0.25) is 34.2 Å². The van der Waals surface area contributed by atoms with Crippen molar-refractivity contribution in [3.8, 4) is 5.75 Å². The minimum absolute atomic E-state index is 0.0982. The predicted molar refractivity (Wildman–Crippen MR) is 174 cm³/mol. The number of nitro groups is 1. The van der Waals surface area contributed by atoms with Crippen molar-refractivity contribution >= 4 is 63.5 Å². The first-order valence-corrected chi connectivity index (χ1v) is 15.0. The van der Waals surface area contributed by atoms with Crippen LogP contribution in [0, 0.1) is 24.0 Å². The van der Waals surface area contributed by atoms with E-state index in [-0.39, 0.29) is 22.0 Å². The number of ether oxygens (including phenoxy) is 1. The Morgan fingerprint density at radius 2 is 1.73 bits per heavy atom. The van der Waals surface area contributed by atoms with Gasteiger partial charge in [0.15, 0.2) is 6.61 Å². The summed E-state index contributed by atoms with van der Waals surface area (Å²) in [4.78, 5) is 65.0. The van der Waals surface area contributed by atoms with Gasteiger partial charge >= 0.3 is 0 Å². The number of carbonyl (C=O) groups excluding carboxylic acids is 4. The number of hydrogen-bond donors (Lipinski definition) is 2. The Bertz CT molecular complexity index is 1690. The van der Waals surface area contributed by atoms with E-state index in [1.807, 2.05) is 45.9 Å². The largest absolute Gasteiger partial charge is 0.483 e. The van der Waals surface area contributed by atoms with Crippen LogP contribution < -0.4 is 20.3 Å². The minimum atomic E-state index is -0.622. The molecule has 234 valence electrons. The monoisotopic (exact) mass is 631 g/mol. The van der Waals surface area contributed by atoms with Crippen LogP contribution in [0.25, 0.3) is 6.08 Å². The van der Waals surface area contributed by atoms with Gasteiger partial charge in [-0.15, -0.1) is 0 Å². The number of benzene rings is 3. The second-order valence-corrected chi connectivity index (χ2v) is 11.1. The van der Waals surface area contributed by atoms with Gasteiger partial charge in [0.25, 0.3) is 22.7 Å². The lowest BCUT2D eigenvalue weighted by Crippen LogP contribution is -2.36. The van der Waals surface area contributed by atoms with Gasteiger partial charge in [-0.1, -0.05) is 18.2 Å². The molecular formula is C32H33N5O7S. The molecule has 3 aromatic rings. The van der Waals surface area contributed by atoms with E-state index in [4.69, 9.17) is 4.74 Å². The normalized spacial score (nSPS) is 13.6. The van der Waals surface area contributed by atoms with Crippen LogP contribution in [0.4, 0.5) is 27.5 Å². The van der Waals surface area contributed by atoms with Gasteiger partial charge in [0.05, 0.1) is 9.83 Å². The van der Waals surface area contributed by atoms with Crippen LogP contribution in [0.2, 0.25) is 0 Å². The smallest absolute Gasteiger partial charge is 0.294 e. The Morgan fingerprint density at radius 1 is 1.00 bits per heavy atom. The zero-order chi connectivity index (χ0) is 32.7. The summed E-state index contributed by atoms with van der Waals surface area (Å²) in [5.74, 6) is -1.39. The third kappa shape index (κ3) is 8.06. The molecule has 4 amide bonds. The van der Waals surface area contributed by atoms with Crippen molar-refractivity contribution in [1.29, 1.82) is 0 Å². The fraction of sp³-hybridized carbons (Fsp3) is 0.250. The van der Waals surface area contributed by atoms with E-state index >= 15 is 0 Å². The predicted octanol–water partition coefficient (Wildman–Crippen LogP) is 5.75. The Balaban J connectivity index is 1.52. The summed E-state index contributed by atoms with van der Waals surface area (Å²) in [5, 5.41) is 15.8. The SMILES string of the molecule is CCN(CC)c1ccc(/C=C2/SC(=O)N(CC(=O)Nc3cccc(C)c3C)C2=O)c(OCC(=O)Nc2cccc([N+](=O)[O-])c2)c1. The number of thioether (sulfide) groups is 1. The third-order valence-electron chi connectivity index (χ3n) is 7.17. The summed E-state index contributed by atoms with van der Waals surface area (Å²) < 4.78 is 5.88. The number of nitrogens with zero attached hydrogens (tertiary/aromatic N) is 3. The fourth-order valence-electron chi connectivity index (χ4n) is 4.59. The molecule has 0 radical (unpaired) electrons. The van der Waals surface area contributed by atoms with Crippen molar-refractivity contribution in [3.05, 3.63) is 92.4 Å². The van der Waals surface area contributed by atoms with E-state index in [0.717, 1.165) is 21.7 Å². The lowest BCUT2D eigenvalue weighted by atomic mass is 10.1. The first-order valence-electron chi connectivity index (χ1n) is 14.2. The van der Waals surface area contributed by atoms with Gasteiger partial charge < -0.3 is 20.3 Å². The zero-order valence-electron chi connectivity index (χ0n) is 25.3. The van der Waals surface area contributed by atoms with E-state index in [2.05, 4.69) is 15.5 Å². The number of non-ortho nitro benzene ring substituents is 1. The van der Waals surface area contributed by atoms with Crippen LogP contribution in [0.15, 0.2) is 65.6 Å². The van der Waals surface area contributed by atoms with Crippen LogP contribution in [0.1, 0.15) is 30.5 Å². The number of carbonyl (C=O) groups is 4. The molecule has 1 aliphatic rings. The molecular weight excluding hydrogens is 598 g/mol. The molecule has 0 aromatic heterocycles. The summed E-state index contributed by atoms with van der Waals surface area (Å²) in [7, 11) is 0. The number of aryl methyl sites for hydroxylation is 1. The van der Waals surface area contributed by atoms with Crippen molar-refractivity contribution in [3.63, 3.8) is 0 Å². The molecule has 4 rings (SSSR count). The van der Waals surface area contributed by atoms with Crippen LogP contribution in [-0.4, -0.2) is 59.0 Å². The van der Waals surface area contributed by atoms with Gasteiger partial charge in [0.2, 0.25) is 5.91 Å². The highest BCUT2D eigenvalue weighted by Crippen LogP contribution is 2.35. The number of nitrogens with one attached hydrogen (secondary N) is 2. The zero-order valence-corrected chi connectivity index (χ0v) is 26.1. The average molecular weight is 632 g/mol. The van der Waals surface area contributed by atoms with Crippen LogP contribution in [0.5, 0.6) is 5.75 Å². The van der Waals surface area contributed by atoms with Crippen molar-refractivity contribution < 1.29 is 28.8 Å². The first kappa shape index (κ1) is 32.7. The second-order valence-electron chi connectivity index (χ2n) is 10.1. The number of anilines is 3. The number of nitro benzene ring substituents is 1. The number of imide groups is 1. The van der Waals surface area contributed by atoms with Crippen LogP contribution in [-0.2, 0) is 14.4 Å². The lowest BCUT2D eigenvalue weighted by Gasteiger charge is -2.22. The summed E-state index contributed by atoms with van der Waals surface area (Å²) in [6.45, 7) is 8.34. The van der Waals surface area contributed by atoms with E-state index in [1.54, 1.807) is 18.2 Å². The molecule has 3 aromatic carbocycles. The molecule has 0 unspecified atom stereocenters. The molecule has 1 saturated heterocycles. The maximum atomic E-state index is 13.2. The van der Waals surface area contributed by atoms with E-state index in [1.165, 1.54) is 30.3 Å². The van der Waals surface area contributed by atoms with Crippen molar-refractivity contribution in [1.82, 2.24) is 4.90 Å². The lowest BCUT2D eigenvalue weighted by molar-refractivity contribution is -0.384. The highest BCUT2D eigenvalue weighted by Gasteiger charge is 2.36. The molecule has 1 heterocycles. The van der Waals surface area contributed by atoms with E-state index in [9.17, 15) is 29.3 Å². The quantitative estimate of drug-likeness (QED) is 0.145. The van der Waals surface area contributed by atoms with Crippen molar-refractivity contribution in [2.45, 2.75) is 27.7 Å². The van der Waals surface area contributed by atoms with Crippen LogP contribution in [0.3, 0.4) is 0 Å². The second kappa shape index (κ2) is 14.5. The Morgan fingerprint density at radius 3 is 2.44 bits per heavy atom. The molecule has 1 fully saturated rings. The topological polar surface area (TPSA) is 151 Å². The number of hydrogen-bond acceptors (Lipinski definition) is 9. The third-order valence-corrected chi connectivity index (χ3v) is 8.07. The Hall–Kier alpha value is -5.17. The molecule has 1 aliphatic heterocycles. The molecule has 0 bridgehead atoms. The highest BCUT2D eigenvalue weighted by atomic mass is 32.2. The summed E-state index contributed by atoms with van der Waals surface area (Å²) in [6.07, 6.45) is 1.49. The summed E-state index contributed by atoms with van der Waals surface area (Å²) in [5.41, 5.74) is 3.83. The fourth-order valence-corrected chi connectivity index (χ4v) is 5.42. The molecule has 2 N–H and O–H groups in total. The summed E-state index contributed by atoms with van der Waals surface area (Å²) in [6, 6.07) is 16.3. The number of rotatable bonds is 12. The van der Waals surface area contributed by atoms with Crippen LogP contribution >= 0.6 is 11.8 Å². The molecule has 13 heteroatoms. The molecule has 12 nitrogen and oxygen atoms in total. The maximum Gasteiger partial charge on any atom is 0.294 e. The van der Waals surface area contributed by atoms with Gasteiger partial charge in [-0.25, -0.2) is 0 Å². The van der Waals surface area contributed by atoms with Crippen molar-refractivity contribution in [2.75, 3.05) is 41.8 Å². The van der Waals surface area contributed by atoms with Gasteiger partial charge in [0.1, 0.15) is 12.3 Å². The highest BCUT2D eigenvalue weighted by molar-refractivity contribution is 8.18. The maximum absolute atomic E-state index is 13.2. The van der Waals surface area contributed by atoms with E-state index < -0.39 is 41.0 Å². The Labute approximate surface area is 264 Å². The first-order chi connectivity index (χ1) is 21.5. The number of amides is 4. The molecule has 0 aliphatic carbocycles. The van der Waals surface area contributed by atoms with Gasteiger partial charge in [-0.2, -0.15) is 0 Å². The van der Waals surface area contributed by atoms with Gasteiger partial charge in [0, 0.05) is 53.9 Å². The molecule has 0 saturated carbocycles. The van der Waals surface area contributed by atoms with Gasteiger partial charge in [-0.05, 0) is 80.9 Å². The minimum Gasteiger partial charge on any atom is -0.483 e. The Kier molecular flexibility index (Phi) is 10.6. The summed E-state index contributed by atoms with van der Waals surface area (Å²) >= 11 is 0.707. The molecule has 0 spiro atoms. The molecule has 0 atom stereocenters.